The molecule has 2 aromatic rings. The van der Waals surface area contributed by atoms with E-state index in [9.17, 15) is 0 Å². The highest BCUT2D eigenvalue weighted by atomic mass is 16.5. The van der Waals surface area contributed by atoms with E-state index >= 15 is 0 Å². The number of hydrogen-bond donors (Lipinski definition) is 2. The lowest BCUT2D eigenvalue weighted by Crippen LogP contribution is -2.07. The van der Waals surface area contributed by atoms with Crippen molar-refractivity contribution in [3.05, 3.63) is 36.0 Å². The summed E-state index contributed by atoms with van der Waals surface area (Å²) in [7, 11) is 3.34. The highest BCUT2D eigenvalue weighted by Crippen LogP contribution is 2.27. The number of rotatable bonds is 8. The Morgan fingerprint density at radius 2 is 2.05 bits per heavy atom. The Morgan fingerprint density at radius 3 is 2.82 bits per heavy atom. The number of methoxy groups -OCH3 is 2. The molecule has 1 aromatic carbocycles. The van der Waals surface area contributed by atoms with Gasteiger partial charge < -0.3 is 20.1 Å². The molecule has 2 rings (SSSR count). The predicted molar refractivity (Wildman–Crippen MR) is 88.0 cm³/mol. The van der Waals surface area contributed by atoms with E-state index in [1.54, 1.807) is 20.4 Å². The van der Waals surface area contributed by atoms with Gasteiger partial charge in [-0.05, 0) is 37.1 Å². The van der Waals surface area contributed by atoms with Crippen LogP contribution < -0.4 is 15.4 Å². The maximum Gasteiger partial charge on any atom is 0.229 e. The molecule has 0 amide bonds. The molecule has 0 spiro atoms. The average Bonchev–Trinajstić information content (AvgIpc) is 2.52. The van der Waals surface area contributed by atoms with Crippen molar-refractivity contribution in [2.75, 3.05) is 38.0 Å². The summed E-state index contributed by atoms with van der Waals surface area (Å²) in [5.74, 6) is 2.06. The Morgan fingerprint density at radius 1 is 1.18 bits per heavy atom. The molecule has 0 saturated heterocycles. The second-order valence-corrected chi connectivity index (χ2v) is 4.87. The third-order valence-electron chi connectivity index (χ3n) is 3.09. The number of ether oxygens (including phenoxy) is 2. The van der Waals surface area contributed by atoms with Gasteiger partial charge in [-0.3, -0.25) is 0 Å². The number of nitrogens with zero attached hydrogens (tertiary/aromatic N) is 2. The van der Waals surface area contributed by atoms with Gasteiger partial charge in [-0.15, -0.1) is 0 Å². The number of benzene rings is 1. The molecule has 0 aliphatic carbocycles. The molecule has 0 fully saturated rings. The van der Waals surface area contributed by atoms with Crippen molar-refractivity contribution in [2.24, 2.45) is 0 Å². The molecule has 0 atom stereocenters. The van der Waals surface area contributed by atoms with Crippen molar-refractivity contribution in [3.63, 3.8) is 0 Å². The Hall–Kier alpha value is -2.34. The van der Waals surface area contributed by atoms with E-state index in [4.69, 9.17) is 9.47 Å². The van der Waals surface area contributed by atoms with Crippen LogP contribution in [0.2, 0.25) is 0 Å². The highest BCUT2D eigenvalue weighted by Gasteiger charge is 2.06. The molecule has 6 heteroatoms. The fourth-order valence-corrected chi connectivity index (χ4v) is 1.99. The Kier molecular flexibility index (Phi) is 5.97. The summed E-state index contributed by atoms with van der Waals surface area (Å²) in [6, 6.07) is 7.76. The van der Waals surface area contributed by atoms with E-state index in [1.807, 2.05) is 31.2 Å². The van der Waals surface area contributed by atoms with Gasteiger partial charge in [-0.25, -0.2) is 4.98 Å². The van der Waals surface area contributed by atoms with E-state index in [1.165, 1.54) is 0 Å². The number of aromatic nitrogens is 2. The van der Waals surface area contributed by atoms with Crippen molar-refractivity contribution in [3.8, 4) is 5.75 Å². The Bertz CT molecular complexity index is 604. The fourth-order valence-electron chi connectivity index (χ4n) is 1.99. The molecule has 0 radical (unpaired) electrons. The Balaban J connectivity index is 2.05. The van der Waals surface area contributed by atoms with Crippen molar-refractivity contribution in [1.82, 2.24) is 9.97 Å². The smallest absolute Gasteiger partial charge is 0.229 e. The predicted octanol–water partition coefficient (Wildman–Crippen LogP) is 2.99. The number of anilines is 3. The van der Waals surface area contributed by atoms with E-state index in [0.717, 1.165) is 42.4 Å². The van der Waals surface area contributed by atoms with Crippen LogP contribution in [-0.2, 0) is 4.74 Å². The van der Waals surface area contributed by atoms with Crippen LogP contribution in [-0.4, -0.2) is 37.3 Å². The van der Waals surface area contributed by atoms with Gasteiger partial charge in [-0.1, -0.05) is 6.07 Å². The molecule has 0 bridgehead atoms. The first-order valence-corrected chi connectivity index (χ1v) is 7.20. The van der Waals surface area contributed by atoms with Crippen LogP contribution in [0.1, 0.15) is 12.0 Å². The largest absolute Gasteiger partial charge is 0.495 e. The first kappa shape index (κ1) is 16.0. The third-order valence-corrected chi connectivity index (χ3v) is 3.09. The maximum absolute atomic E-state index is 5.35. The first-order chi connectivity index (χ1) is 10.7. The topological polar surface area (TPSA) is 68.3 Å². The molecule has 1 aromatic heterocycles. The molecule has 0 aliphatic rings. The fraction of sp³-hybridized carbons (Fsp3) is 0.375. The molecule has 2 N–H and O–H groups in total. The van der Waals surface area contributed by atoms with E-state index in [2.05, 4.69) is 20.6 Å². The van der Waals surface area contributed by atoms with Gasteiger partial charge in [0.05, 0.1) is 12.8 Å². The second kappa shape index (κ2) is 8.19. The van der Waals surface area contributed by atoms with Crippen LogP contribution >= 0.6 is 0 Å². The van der Waals surface area contributed by atoms with Gasteiger partial charge in [0, 0.05) is 26.5 Å². The van der Waals surface area contributed by atoms with Crippen molar-refractivity contribution >= 4 is 17.5 Å². The van der Waals surface area contributed by atoms with Crippen molar-refractivity contribution in [1.29, 1.82) is 0 Å². The number of aryl methyl sites for hydroxylation is 1. The first-order valence-electron chi connectivity index (χ1n) is 7.20. The minimum Gasteiger partial charge on any atom is -0.495 e. The molecule has 0 saturated carbocycles. The standard InChI is InChI=1S/C16H22N4O2/c1-12-5-6-14(22-3)13(11-12)19-16-18-9-7-15(20-16)17-8-4-10-21-2/h5-7,9,11H,4,8,10H2,1-3H3,(H2,17,18,19,20). The summed E-state index contributed by atoms with van der Waals surface area (Å²) in [5, 5.41) is 6.44. The van der Waals surface area contributed by atoms with Gasteiger partial charge in [0.25, 0.3) is 0 Å². The van der Waals surface area contributed by atoms with Crippen molar-refractivity contribution in [2.45, 2.75) is 13.3 Å². The van der Waals surface area contributed by atoms with Gasteiger partial charge >= 0.3 is 0 Å². The summed E-state index contributed by atoms with van der Waals surface area (Å²) < 4.78 is 10.4. The summed E-state index contributed by atoms with van der Waals surface area (Å²) in [6.07, 6.45) is 2.64. The third kappa shape index (κ3) is 4.60. The van der Waals surface area contributed by atoms with Gasteiger partial charge in [0.2, 0.25) is 5.95 Å². The quantitative estimate of drug-likeness (QED) is 0.731. The normalized spacial score (nSPS) is 10.3. The Labute approximate surface area is 130 Å². The van der Waals surface area contributed by atoms with Gasteiger partial charge in [0.1, 0.15) is 11.6 Å². The van der Waals surface area contributed by atoms with Crippen LogP contribution in [0.4, 0.5) is 17.5 Å². The van der Waals surface area contributed by atoms with E-state index < -0.39 is 0 Å². The van der Waals surface area contributed by atoms with Crippen LogP contribution in [0.5, 0.6) is 5.75 Å². The monoisotopic (exact) mass is 302 g/mol. The SMILES string of the molecule is COCCCNc1ccnc(Nc2cc(C)ccc2OC)n1. The summed E-state index contributed by atoms with van der Waals surface area (Å²) >= 11 is 0. The summed E-state index contributed by atoms with van der Waals surface area (Å²) in [6.45, 7) is 3.56. The minimum atomic E-state index is 0.528. The zero-order chi connectivity index (χ0) is 15.8. The molecule has 0 aliphatic heterocycles. The number of nitrogens with one attached hydrogen (secondary N) is 2. The second-order valence-electron chi connectivity index (χ2n) is 4.87. The molecule has 6 nitrogen and oxygen atoms in total. The van der Waals surface area contributed by atoms with Crippen LogP contribution in [0.25, 0.3) is 0 Å². The maximum atomic E-state index is 5.35. The van der Waals surface area contributed by atoms with Crippen LogP contribution in [0.15, 0.2) is 30.5 Å². The number of hydrogen-bond acceptors (Lipinski definition) is 6. The van der Waals surface area contributed by atoms with Crippen LogP contribution in [0.3, 0.4) is 0 Å². The van der Waals surface area contributed by atoms with Gasteiger partial charge in [0.15, 0.2) is 0 Å². The minimum absolute atomic E-state index is 0.528. The molecule has 22 heavy (non-hydrogen) atoms. The molecule has 1 heterocycles. The molecular weight excluding hydrogens is 280 g/mol. The van der Waals surface area contributed by atoms with Crippen LogP contribution in [0, 0.1) is 6.92 Å². The zero-order valence-corrected chi connectivity index (χ0v) is 13.2. The van der Waals surface area contributed by atoms with E-state index in [0.29, 0.717) is 5.95 Å². The lowest BCUT2D eigenvalue weighted by Gasteiger charge is -2.12. The summed E-state index contributed by atoms with van der Waals surface area (Å²) in [4.78, 5) is 8.68. The highest BCUT2D eigenvalue weighted by molar-refractivity contribution is 5.64. The van der Waals surface area contributed by atoms with Crippen molar-refractivity contribution < 1.29 is 9.47 Å². The van der Waals surface area contributed by atoms with E-state index in [-0.39, 0.29) is 0 Å². The molecule has 118 valence electrons. The zero-order valence-electron chi connectivity index (χ0n) is 13.2. The molecular formula is C16H22N4O2. The lowest BCUT2D eigenvalue weighted by molar-refractivity contribution is 0.198. The average molecular weight is 302 g/mol. The lowest BCUT2D eigenvalue weighted by atomic mass is 10.2. The summed E-state index contributed by atoms with van der Waals surface area (Å²) in [5.41, 5.74) is 1.98. The molecule has 0 unspecified atom stereocenters. The van der Waals surface area contributed by atoms with Gasteiger partial charge in [-0.2, -0.15) is 4.98 Å².